The molecule has 120 valence electrons. The number of benzene rings is 2. The van der Waals surface area contributed by atoms with Gasteiger partial charge in [-0.15, -0.1) is 0 Å². The number of hydrogen-bond acceptors (Lipinski definition) is 3. The van der Waals surface area contributed by atoms with Crippen molar-refractivity contribution in [3.05, 3.63) is 63.9 Å². The maximum atomic E-state index is 13.6. The molecule has 0 saturated carbocycles. The number of halogens is 2. The van der Waals surface area contributed by atoms with Crippen molar-refractivity contribution in [2.75, 3.05) is 11.9 Å². The van der Waals surface area contributed by atoms with Gasteiger partial charge in [-0.25, -0.2) is 9.18 Å². The van der Waals surface area contributed by atoms with Gasteiger partial charge in [0.1, 0.15) is 11.4 Å². The Morgan fingerprint density at radius 3 is 2.43 bits per heavy atom. The predicted octanol–water partition coefficient (Wildman–Crippen LogP) is 3.89. The van der Waals surface area contributed by atoms with E-state index in [1.807, 2.05) is 19.9 Å². The summed E-state index contributed by atoms with van der Waals surface area (Å²) in [7, 11) is 0. The van der Waals surface area contributed by atoms with Gasteiger partial charge < -0.3 is 10.1 Å². The van der Waals surface area contributed by atoms with Crippen molar-refractivity contribution in [1.82, 2.24) is 0 Å². The zero-order chi connectivity index (χ0) is 17.0. The zero-order valence-electron chi connectivity index (χ0n) is 12.7. The Labute approximate surface area is 138 Å². The standard InChI is InChI=1S/C17H15ClFNO3/c1-10-6-11(2)8-12(7-10)20-15(21)9-23-17(22)16-13(18)4-3-5-14(16)19/h3-8H,9H2,1-2H3,(H,20,21). The van der Waals surface area contributed by atoms with Crippen molar-refractivity contribution in [1.29, 1.82) is 0 Å². The van der Waals surface area contributed by atoms with Crippen molar-refractivity contribution in [3.8, 4) is 0 Å². The molecule has 0 aromatic heterocycles. The Bertz CT molecular complexity index is 721. The second kappa shape index (κ2) is 7.24. The summed E-state index contributed by atoms with van der Waals surface area (Å²) in [6.45, 7) is 3.28. The van der Waals surface area contributed by atoms with Crippen molar-refractivity contribution >= 4 is 29.2 Å². The number of rotatable bonds is 4. The van der Waals surface area contributed by atoms with Gasteiger partial charge >= 0.3 is 5.97 Å². The maximum absolute atomic E-state index is 13.6. The fraction of sp³-hybridized carbons (Fsp3) is 0.176. The molecule has 0 unspecified atom stereocenters. The summed E-state index contributed by atoms with van der Waals surface area (Å²) in [5.74, 6) is -2.29. The van der Waals surface area contributed by atoms with Gasteiger partial charge in [0.15, 0.2) is 6.61 Å². The number of ether oxygens (including phenoxy) is 1. The van der Waals surface area contributed by atoms with Crippen LogP contribution in [-0.4, -0.2) is 18.5 Å². The minimum absolute atomic E-state index is 0.0651. The minimum Gasteiger partial charge on any atom is -0.452 e. The van der Waals surface area contributed by atoms with E-state index in [9.17, 15) is 14.0 Å². The van der Waals surface area contributed by atoms with Crippen LogP contribution in [0, 0.1) is 19.7 Å². The molecule has 0 bridgehead atoms. The molecule has 6 heteroatoms. The van der Waals surface area contributed by atoms with Crippen LogP contribution in [0.2, 0.25) is 5.02 Å². The molecule has 0 aliphatic heterocycles. The summed E-state index contributed by atoms with van der Waals surface area (Å²) in [5.41, 5.74) is 2.21. The Balaban J connectivity index is 1.98. The molecule has 23 heavy (non-hydrogen) atoms. The van der Waals surface area contributed by atoms with E-state index in [2.05, 4.69) is 5.32 Å². The highest BCUT2D eigenvalue weighted by Gasteiger charge is 2.18. The maximum Gasteiger partial charge on any atom is 0.343 e. The molecule has 0 fully saturated rings. The summed E-state index contributed by atoms with van der Waals surface area (Å²) in [4.78, 5) is 23.7. The highest BCUT2D eigenvalue weighted by Crippen LogP contribution is 2.20. The Morgan fingerprint density at radius 2 is 1.83 bits per heavy atom. The topological polar surface area (TPSA) is 55.4 Å². The fourth-order valence-corrected chi connectivity index (χ4v) is 2.38. The molecule has 0 saturated heterocycles. The number of esters is 1. The average Bonchev–Trinajstić information content (AvgIpc) is 2.43. The largest absolute Gasteiger partial charge is 0.452 e. The first-order chi connectivity index (χ1) is 10.9. The van der Waals surface area contributed by atoms with Crippen LogP contribution in [0.4, 0.5) is 10.1 Å². The lowest BCUT2D eigenvalue weighted by Crippen LogP contribution is -2.21. The van der Waals surface area contributed by atoms with Crippen molar-refractivity contribution in [2.24, 2.45) is 0 Å². The number of carbonyl (C=O) groups excluding carboxylic acids is 2. The first-order valence-corrected chi connectivity index (χ1v) is 7.24. The molecular weight excluding hydrogens is 321 g/mol. The lowest BCUT2D eigenvalue weighted by atomic mass is 10.1. The first kappa shape index (κ1) is 17.0. The second-order valence-corrected chi connectivity index (χ2v) is 5.50. The van der Waals surface area contributed by atoms with Crippen LogP contribution in [-0.2, 0) is 9.53 Å². The lowest BCUT2D eigenvalue weighted by molar-refractivity contribution is -0.119. The highest BCUT2D eigenvalue weighted by atomic mass is 35.5. The van der Waals surface area contributed by atoms with Gasteiger partial charge in [-0.2, -0.15) is 0 Å². The van der Waals surface area contributed by atoms with E-state index in [1.54, 1.807) is 12.1 Å². The van der Waals surface area contributed by atoms with Gasteiger partial charge in [-0.3, -0.25) is 4.79 Å². The molecule has 1 N–H and O–H groups in total. The Morgan fingerprint density at radius 1 is 1.17 bits per heavy atom. The SMILES string of the molecule is Cc1cc(C)cc(NC(=O)COC(=O)c2c(F)cccc2Cl)c1. The van der Waals surface area contributed by atoms with E-state index in [-0.39, 0.29) is 10.6 Å². The smallest absolute Gasteiger partial charge is 0.343 e. The van der Waals surface area contributed by atoms with Gasteiger partial charge in [0.25, 0.3) is 5.91 Å². The van der Waals surface area contributed by atoms with Crippen LogP contribution in [0.5, 0.6) is 0 Å². The molecule has 0 atom stereocenters. The number of hydrogen-bond donors (Lipinski definition) is 1. The molecule has 0 aliphatic rings. The molecule has 0 spiro atoms. The molecule has 0 heterocycles. The Kier molecular flexibility index (Phi) is 5.34. The number of nitrogens with one attached hydrogen (secondary N) is 1. The average molecular weight is 336 g/mol. The summed E-state index contributed by atoms with van der Waals surface area (Å²) < 4.78 is 18.4. The summed E-state index contributed by atoms with van der Waals surface area (Å²) in [5, 5.41) is 2.55. The predicted molar refractivity (Wildman–Crippen MR) is 86.2 cm³/mol. The molecule has 2 aromatic carbocycles. The van der Waals surface area contributed by atoms with Crippen LogP contribution >= 0.6 is 11.6 Å². The van der Waals surface area contributed by atoms with Crippen LogP contribution in [0.1, 0.15) is 21.5 Å². The van der Waals surface area contributed by atoms with Gasteiger partial charge in [-0.1, -0.05) is 23.7 Å². The van der Waals surface area contributed by atoms with Gasteiger partial charge in [-0.05, 0) is 49.2 Å². The molecule has 2 rings (SSSR count). The van der Waals surface area contributed by atoms with Crippen LogP contribution < -0.4 is 5.32 Å². The van der Waals surface area contributed by atoms with Crippen LogP contribution in [0.15, 0.2) is 36.4 Å². The minimum atomic E-state index is -0.983. The van der Waals surface area contributed by atoms with E-state index in [0.29, 0.717) is 5.69 Å². The van der Waals surface area contributed by atoms with E-state index in [1.165, 1.54) is 12.1 Å². The fourth-order valence-electron chi connectivity index (χ4n) is 2.14. The van der Waals surface area contributed by atoms with Gasteiger partial charge in [0.2, 0.25) is 0 Å². The van der Waals surface area contributed by atoms with Crippen LogP contribution in [0.25, 0.3) is 0 Å². The van der Waals surface area contributed by atoms with E-state index in [4.69, 9.17) is 16.3 Å². The summed E-state index contributed by atoms with van der Waals surface area (Å²) >= 11 is 5.76. The van der Waals surface area contributed by atoms with Crippen molar-refractivity contribution in [2.45, 2.75) is 13.8 Å². The van der Waals surface area contributed by atoms with Crippen molar-refractivity contribution in [3.63, 3.8) is 0 Å². The lowest BCUT2D eigenvalue weighted by Gasteiger charge is -2.09. The third-order valence-electron chi connectivity index (χ3n) is 3.01. The second-order valence-electron chi connectivity index (χ2n) is 5.10. The monoisotopic (exact) mass is 335 g/mol. The molecule has 4 nitrogen and oxygen atoms in total. The third-order valence-corrected chi connectivity index (χ3v) is 3.32. The molecule has 1 amide bonds. The quantitative estimate of drug-likeness (QED) is 0.862. The first-order valence-electron chi connectivity index (χ1n) is 6.86. The number of anilines is 1. The number of amides is 1. The molecule has 0 radical (unpaired) electrons. The van der Waals surface area contributed by atoms with Crippen molar-refractivity contribution < 1.29 is 18.7 Å². The summed E-state index contributed by atoms with van der Waals surface area (Å²) in [6, 6.07) is 9.40. The van der Waals surface area contributed by atoms with E-state index in [0.717, 1.165) is 17.2 Å². The number of carbonyl (C=O) groups is 2. The normalized spacial score (nSPS) is 10.3. The van der Waals surface area contributed by atoms with Crippen LogP contribution in [0.3, 0.4) is 0 Å². The summed E-state index contributed by atoms with van der Waals surface area (Å²) in [6.07, 6.45) is 0. The molecule has 2 aromatic rings. The Hall–Kier alpha value is -2.40. The third kappa shape index (κ3) is 4.53. The number of aryl methyl sites for hydroxylation is 2. The molecule has 0 aliphatic carbocycles. The van der Waals surface area contributed by atoms with E-state index >= 15 is 0 Å². The molecular formula is C17H15ClFNO3. The highest BCUT2D eigenvalue weighted by molar-refractivity contribution is 6.33. The zero-order valence-corrected chi connectivity index (χ0v) is 13.4. The van der Waals surface area contributed by atoms with E-state index < -0.39 is 24.3 Å². The van der Waals surface area contributed by atoms with Gasteiger partial charge in [0, 0.05) is 5.69 Å². The van der Waals surface area contributed by atoms with Gasteiger partial charge in [0.05, 0.1) is 5.02 Å².